The van der Waals surface area contributed by atoms with Crippen LogP contribution >= 0.6 is 0 Å². The topological polar surface area (TPSA) is 26.3 Å². The van der Waals surface area contributed by atoms with E-state index in [9.17, 15) is 0 Å². The van der Waals surface area contributed by atoms with Gasteiger partial charge >= 0.3 is 0 Å². The molecule has 0 unspecified atom stereocenters. The third-order valence-electron chi connectivity index (χ3n) is 8.25. The Labute approximate surface area is 229 Å². The summed E-state index contributed by atoms with van der Waals surface area (Å²) < 4.78 is 12.2. The Kier molecular flexibility index (Phi) is 4.36. The molecule has 0 fully saturated rings. The Bertz CT molecular complexity index is 2260. The van der Waals surface area contributed by atoms with E-state index in [4.69, 9.17) is 8.83 Å². The van der Waals surface area contributed by atoms with Gasteiger partial charge in [0.2, 0.25) is 0 Å². The quantitative estimate of drug-likeness (QED) is 0.216. The van der Waals surface area contributed by atoms with Crippen LogP contribution in [0.2, 0.25) is 0 Å². The second-order valence-corrected chi connectivity index (χ2v) is 10.5. The Morgan fingerprint density at radius 2 is 0.750 bits per heavy atom. The van der Waals surface area contributed by atoms with E-state index < -0.39 is 0 Å². The van der Waals surface area contributed by atoms with Crippen LogP contribution < -0.4 is 0 Å². The predicted octanol–water partition coefficient (Wildman–Crippen LogP) is 11.1. The lowest BCUT2D eigenvalue weighted by molar-refractivity contribution is 0.668. The van der Waals surface area contributed by atoms with Crippen LogP contribution in [-0.4, -0.2) is 0 Å². The minimum absolute atomic E-state index is 0.919. The average molecular weight is 511 g/mol. The molecule has 2 aromatic heterocycles. The fraction of sp³-hybridized carbons (Fsp3) is 0. The minimum Gasteiger partial charge on any atom is -0.456 e. The average Bonchev–Trinajstić information content (AvgIpc) is 3.57. The highest BCUT2D eigenvalue weighted by Gasteiger charge is 2.13. The summed E-state index contributed by atoms with van der Waals surface area (Å²) in [5.74, 6) is 0. The van der Waals surface area contributed by atoms with Gasteiger partial charge in [0.15, 0.2) is 0 Å². The van der Waals surface area contributed by atoms with Crippen LogP contribution in [0.4, 0.5) is 0 Å². The smallest absolute Gasteiger partial charge is 0.135 e. The first-order valence-corrected chi connectivity index (χ1v) is 13.6. The van der Waals surface area contributed by atoms with Gasteiger partial charge in [-0.2, -0.15) is 0 Å². The molecule has 186 valence electrons. The molecule has 0 saturated carbocycles. The molecule has 7 aromatic carbocycles. The van der Waals surface area contributed by atoms with Crippen molar-refractivity contribution in [3.63, 3.8) is 0 Å². The SMILES string of the molecule is c1cc(-c2ccc3oc4ccccc4c3c2)c2cc3cccc(-c4ccc5oc6ccccc6c5c4)c3cc2c1. The first kappa shape index (κ1) is 21.6. The Morgan fingerprint density at radius 1 is 0.300 bits per heavy atom. The van der Waals surface area contributed by atoms with Crippen molar-refractivity contribution in [2.45, 2.75) is 0 Å². The van der Waals surface area contributed by atoms with Gasteiger partial charge in [-0.1, -0.05) is 84.9 Å². The van der Waals surface area contributed by atoms with Crippen LogP contribution in [0.3, 0.4) is 0 Å². The van der Waals surface area contributed by atoms with Crippen molar-refractivity contribution in [3.05, 3.63) is 133 Å². The number of para-hydroxylation sites is 2. The van der Waals surface area contributed by atoms with Crippen molar-refractivity contribution in [2.75, 3.05) is 0 Å². The van der Waals surface area contributed by atoms with E-state index in [0.717, 1.165) is 43.9 Å². The summed E-state index contributed by atoms with van der Waals surface area (Å²) in [5.41, 5.74) is 8.52. The highest BCUT2D eigenvalue weighted by Crippen LogP contribution is 2.39. The van der Waals surface area contributed by atoms with E-state index >= 15 is 0 Å². The lowest BCUT2D eigenvalue weighted by Crippen LogP contribution is -1.86. The number of benzene rings is 7. The molecule has 9 rings (SSSR count). The van der Waals surface area contributed by atoms with Crippen LogP contribution in [0, 0.1) is 0 Å². The van der Waals surface area contributed by atoms with Crippen LogP contribution in [0.1, 0.15) is 0 Å². The zero-order valence-electron chi connectivity index (χ0n) is 21.5. The fourth-order valence-electron chi connectivity index (χ4n) is 6.34. The third-order valence-corrected chi connectivity index (χ3v) is 8.25. The van der Waals surface area contributed by atoms with Gasteiger partial charge in [0, 0.05) is 21.5 Å². The second kappa shape index (κ2) is 8.08. The minimum atomic E-state index is 0.919. The summed E-state index contributed by atoms with van der Waals surface area (Å²) in [4.78, 5) is 0. The molecular weight excluding hydrogens is 488 g/mol. The van der Waals surface area contributed by atoms with E-state index in [1.54, 1.807) is 0 Å². The molecule has 0 aliphatic rings. The number of hydrogen-bond acceptors (Lipinski definition) is 2. The summed E-state index contributed by atoms with van der Waals surface area (Å²) in [7, 11) is 0. The maximum atomic E-state index is 6.08. The Balaban J connectivity index is 1.24. The summed E-state index contributed by atoms with van der Waals surface area (Å²) >= 11 is 0. The molecule has 0 radical (unpaired) electrons. The second-order valence-electron chi connectivity index (χ2n) is 10.5. The highest BCUT2D eigenvalue weighted by atomic mass is 16.3. The normalized spacial score (nSPS) is 12.0. The molecule has 0 aliphatic carbocycles. The van der Waals surface area contributed by atoms with Crippen molar-refractivity contribution >= 4 is 65.4 Å². The molecule has 0 N–H and O–H groups in total. The molecule has 2 heteroatoms. The third kappa shape index (κ3) is 3.11. The lowest BCUT2D eigenvalue weighted by Gasteiger charge is -2.12. The molecule has 2 nitrogen and oxygen atoms in total. The molecule has 0 amide bonds. The van der Waals surface area contributed by atoms with Gasteiger partial charge in [-0.25, -0.2) is 0 Å². The van der Waals surface area contributed by atoms with Crippen LogP contribution in [0.15, 0.2) is 142 Å². The van der Waals surface area contributed by atoms with Gasteiger partial charge in [-0.3, -0.25) is 0 Å². The molecule has 0 atom stereocenters. The van der Waals surface area contributed by atoms with Crippen molar-refractivity contribution in [1.82, 2.24) is 0 Å². The summed E-state index contributed by atoms with van der Waals surface area (Å²) in [5, 5.41) is 9.54. The number of fused-ring (bicyclic) bond motifs is 8. The molecule has 40 heavy (non-hydrogen) atoms. The summed E-state index contributed by atoms with van der Waals surface area (Å²) in [6, 6.07) is 47.4. The molecule has 9 aromatic rings. The largest absolute Gasteiger partial charge is 0.456 e. The molecule has 2 heterocycles. The number of furan rings is 2. The zero-order valence-corrected chi connectivity index (χ0v) is 21.5. The van der Waals surface area contributed by atoms with Gasteiger partial charge in [-0.05, 0) is 92.3 Å². The maximum Gasteiger partial charge on any atom is 0.135 e. The fourth-order valence-corrected chi connectivity index (χ4v) is 6.34. The first-order valence-electron chi connectivity index (χ1n) is 13.6. The number of rotatable bonds is 2. The van der Waals surface area contributed by atoms with Crippen molar-refractivity contribution in [2.24, 2.45) is 0 Å². The Hall–Kier alpha value is -5.34. The monoisotopic (exact) mass is 510 g/mol. The van der Waals surface area contributed by atoms with Crippen LogP contribution in [0.5, 0.6) is 0 Å². The maximum absolute atomic E-state index is 6.08. The van der Waals surface area contributed by atoms with Crippen molar-refractivity contribution < 1.29 is 8.83 Å². The van der Waals surface area contributed by atoms with Crippen LogP contribution in [0.25, 0.3) is 87.7 Å². The van der Waals surface area contributed by atoms with Crippen LogP contribution in [-0.2, 0) is 0 Å². The highest BCUT2D eigenvalue weighted by molar-refractivity contribution is 6.12. The molecule has 0 aliphatic heterocycles. The van der Waals surface area contributed by atoms with Crippen molar-refractivity contribution in [1.29, 1.82) is 0 Å². The lowest BCUT2D eigenvalue weighted by atomic mass is 9.91. The molecule has 0 bridgehead atoms. The molecule has 0 saturated heterocycles. The summed E-state index contributed by atoms with van der Waals surface area (Å²) in [6.07, 6.45) is 0. The van der Waals surface area contributed by atoms with E-state index in [-0.39, 0.29) is 0 Å². The van der Waals surface area contributed by atoms with E-state index in [1.807, 2.05) is 24.3 Å². The first-order chi connectivity index (χ1) is 19.8. The summed E-state index contributed by atoms with van der Waals surface area (Å²) in [6.45, 7) is 0. The zero-order chi connectivity index (χ0) is 26.2. The predicted molar refractivity (Wildman–Crippen MR) is 167 cm³/mol. The molecular formula is C38H22O2. The molecule has 0 spiro atoms. The van der Waals surface area contributed by atoms with Gasteiger partial charge in [0.05, 0.1) is 0 Å². The Morgan fingerprint density at radius 3 is 1.25 bits per heavy atom. The standard InChI is InChI=1S/C38H22O2/c1-3-13-35-29(9-1)33-21-25(15-17-37(33)39-35)27-11-5-7-23-20-32-24(19-31(23)27)8-6-12-28(32)26-16-18-38-34(22-26)30-10-2-4-14-36(30)40-38/h1-22H. The van der Waals surface area contributed by atoms with Crippen molar-refractivity contribution in [3.8, 4) is 22.3 Å². The van der Waals surface area contributed by atoms with Gasteiger partial charge < -0.3 is 8.83 Å². The van der Waals surface area contributed by atoms with E-state index in [0.29, 0.717) is 0 Å². The van der Waals surface area contributed by atoms with Gasteiger partial charge in [-0.15, -0.1) is 0 Å². The van der Waals surface area contributed by atoms with Gasteiger partial charge in [0.1, 0.15) is 22.3 Å². The van der Waals surface area contributed by atoms with E-state index in [1.165, 1.54) is 43.8 Å². The van der Waals surface area contributed by atoms with E-state index in [2.05, 4.69) is 109 Å². The van der Waals surface area contributed by atoms with Gasteiger partial charge in [0.25, 0.3) is 0 Å². The number of hydrogen-bond donors (Lipinski definition) is 0.